The molecule has 1 fully saturated rings. The number of carbonyl (C=O) groups is 1. The van der Waals surface area contributed by atoms with Gasteiger partial charge in [0.2, 0.25) is 0 Å². The van der Waals surface area contributed by atoms with E-state index in [4.69, 9.17) is 23.2 Å². The second-order valence-electron chi connectivity index (χ2n) is 6.05. The van der Waals surface area contributed by atoms with Crippen LogP contribution in [0, 0.1) is 0 Å². The Morgan fingerprint density at radius 2 is 1.68 bits per heavy atom. The third-order valence-electron chi connectivity index (χ3n) is 4.44. The number of hydrogen-bond acceptors (Lipinski definition) is 3. The number of carbonyl (C=O) groups excluding carboxylic acids is 1. The lowest BCUT2D eigenvalue weighted by Gasteiger charge is -2.36. The number of amides is 1. The van der Waals surface area contributed by atoms with E-state index >= 15 is 0 Å². The molecule has 0 spiro atoms. The van der Waals surface area contributed by atoms with Crippen LogP contribution in [0.5, 0.6) is 0 Å². The van der Waals surface area contributed by atoms with Gasteiger partial charge in [0.25, 0.3) is 5.91 Å². The summed E-state index contributed by atoms with van der Waals surface area (Å²) in [5.74, 6) is -0.218. The number of likely N-dealkylation sites (N-methyl/N-ethyl adjacent to an activating group) is 1. The van der Waals surface area contributed by atoms with Gasteiger partial charge in [0, 0.05) is 41.8 Å². The fourth-order valence-corrected chi connectivity index (χ4v) is 3.57. The van der Waals surface area contributed by atoms with Gasteiger partial charge in [-0.2, -0.15) is 0 Å². The van der Waals surface area contributed by atoms with Crippen molar-refractivity contribution >= 4 is 40.5 Å². The minimum atomic E-state index is -0.218. The quantitative estimate of drug-likeness (QED) is 0.857. The Kier molecular flexibility index (Phi) is 5.84. The van der Waals surface area contributed by atoms with Crippen LogP contribution < -0.4 is 10.2 Å². The lowest BCUT2D eigenvalue weighted by Crippen LogP contribution is -2.46. The number of para-hydroxylation sites is 2. The second-order valence-corrected chi connectivity index (χ2v) is 6.92. The van der Waals surface area contributed by atoms with E-state index in [1.54, 1.807) is 18.2 Å². The maximum atomic E-state index is 12.6. The molecule has 0 aromatic heterocycles. The summed E-state index contributed by atoms with van der Waals surface area (Å²) in [5, 5.41) is 3.88. The van der Waals surface area contributed by atoms with Crippen molar-refractivity contribution in [2.45, 2.75) is 6.92 Å². The fraction of sp³-hybridized carbons (Fsp3) is 0.316. The average molecular weight is 378 g/mol. The number of nitrogens with one attached hydrogen (secondary N) is 1. The van der Waals surface area contributed by atoms with Gasteiger partial charge in [-0.05, 0) is 36.9 Å². The van der Waals surface area contributed by atoms with Crippen LogP contribution in [0.2, 0.25) is 10.0 Å². The molecule has 4 nitrogen and oxygen atoms in total. The molecule has 0 atom stereocenters. The monoisotopic (exact) mass is 377 g/mol. The largest absolute Gasteiger partial charge is 0.367 e. The molecule has 1 aliphatic rings. The molecule has 25 heavy (non-hydrogen) atoms. The van der Waals surface area contributed by atoms with Gasteiger partial charge in [-0.25, -0.2) is 0 Å². The molecule has 0 aliphatic carbocycles. The zero-order valence-corrected chi connectivity index (χ0v) is 15.6. The van der Waals surface area contributed by atoms with E-state index in [1.165, 1.54) is 0 Å². The number of anilines is 2. The maximum Gasteiger partial charge on any atom is 0.255 e. The summed E-state index contributed by atoms with van der Waals surface area (Å²) in [6, 6.07) is 12.7. The highest BCUT2D eigenvalue weighted by Gasteiger charge is 2.19. The predicted molar refractivity (Wildman–Crippen MR) is 105 cm³/mol. The molecule has 0 saturated carbocycles. The van der Waals surface area contributed by atoms with E-state index in [0.717, 1.165) is 44.1 Å². The third kappa shape index (κ3) is 4.46. The number of rotatable bonds is 4. The zero-order valence-electron chi connectivity index (χ0n) is 14.1. The van der Waals surface area contributed by atoms with Crippen LogP contribution in [-0.4, -0.2) is 43.5 Å². The summed E-state index contributed by atoms with van der Waals surface area (Å²) >= 11 is 12.0. The lowest BCUT2D eigenvalue weighted by molar-refractivity contribution is 0.102. The van der Waals surface area contributed by atoms with Crippen molar-refractivity contribution in [3.63, 3.8) is 0 Å². The first-order valence-corrected chi connectivity index (χ1v) is 9.16. The molecule has 6 heteroatoms. The molecule has 1 saturated heterocycles. The number of benzene rings is 2. The van der Waals surface area contributed by atoms with Crippen LogP contribution in [-0.2, 0) is 0 Å². The van der Waals surface area contributed by atoms with Gasteiger partial charge in [-0.1, -0.05) is 42.3 Å². The van der Waals surface area contributed by atoms with Crippen molar-refractivity contribution in [3.05, 3.63) is 58.1 Å². The van der Waals surface area contributed by atoms with Crippen LogP contribution in [0.1, 0.15) is 17.3 Å². The molecule has 1 aliphatic heterocycles. The first kappa shape index (κ1) is 18.1. The maximum absolute atomic E-state index is 12.6. The van der Waals surface area contributed by atoms with Crippen molar-refractivity contribution in [3.8, 4) is 0 Å². The van der Waals surface area contributed by atoms with Crippen molar-refractivity contribution in [1.82, 2.24) is 4.90 Å². The topological polar surface area (TPSA) is 35.6 Å². The first-order chi connectivity index (χ1) is 12.1. The lowest BCUT2D eigenvalue weighted by atomic mass is 10.1. The Morgan fingerprint density at radius 3 is 2.32 bits per heavy atom. The molecule has 132 valence electrons. The summed E-state index contributed by atoms with van der Waals surface area (Å²) in [5.41, 5.74) is 2.29. The molecular weight excluding hydrogens is 357 g/mol. The number of hydrogen-bond donors (Lipinski definition) is 1. The second kappa shape index (κ2) is 8.09. The van der Waals surface area contributed by atoms with Crippen LogP contribution in [0.3, 0.4) is 0 Å². The van der Waals surface area contributed by atoms with Gasteiger partial charge in [-0.15, -0.1) is 0 Å². The number of halogens is 2. The molecule has 0 bridgehead atoms. The van der Waals surface area contributed by atoms with E-state index in [-0.39, 0.29) is 5.91 Å². The zero-order chi connectivity index (χ0) is 17.8. The number of nitrogens with zero attached hydrogens (tertiary/aromatic N) is 2. The molecule has 0 radical (unpaired) electrons. The summed E-state index contributed by atoms with van der Waals surface area (Å²) in [4.78, 5) is 17.3. The van der Waals surface area contributed by atoms with E-state index in [9.17, 15) is 4.79 Å². The van der Waals surface area contributed by atoms with Crippen LogP contribution in [0.4, 0.5) is 11.4 Å². The molecule has 1 amide bonds. The molecule has 3 rings (SSSR count). The molecule has 1 heterocycles. The number of piperazine rings is 1. The SMILES string of the molecule is CCN1CCN(c2ccccc2NC(=O)c2cc(Cl)cc(Cl)c2)CC1. The fourth-order valence-electron chi connectivity index (χ4n) is 3.04. The third-order valence-corrected chi connectivity index (χ3v) is 4.87. The minimum Gasteiger partial charge on any atom is -0.367 e. The minimum absolute atomic E-state index is 0.218. The van der Waals surface area contributed by atoms with Crippen molar-refractivity contribution in [1.29, 1.82) is 0 Å². The Balaban J connectivity index is 1.78. The van der Waals surface area contributed by atoms with Gasteiger partial charge in [0.1, 0.15) is 0 Å². The smallest absolute Gasteiger partial charge is 0.255 e. The summed E-state index contributed by atoms with van der Waals surface area (Å²) < 4.78 is 0. The predicted octanol–water partition coefficient (Wildman–Crippen LogP) is 4.39. The standard InChI is InChI=1S/C19H21Cl2N3O/c1-2-23-7-9-24(10-8-23)18-6-4-3-5-17(18)22-19(25)14-11-15(20)13-16(21)12-14/h3-6,11-13H,2,7-10H2,1H3,(H,22,25). The highest BCUT2D eigenvalue weighted by molar-refractivity contribution is 6.35. The van der Waals surface area contributed by atoms with E-state index in [2.05, 4.69) is 22.0 Å². The van der Waals surface area contributed by atoms with Crippen molar-refractivity contribution in [2.24, 2.45) is 0 Å². The van der Waals surface area contributed by atoms with Gasteiger partial charge in [-0.3, -0.25) is 4.79 Å². The first-order valence-electron chi connectivity index (χ1n) is 8.40. The Morgan fingerprint density at radius 1 is 1.04 bits per heavy atom. The van der Waals surface area contributed by atoms with Gasteiger partial charge in [0.05, 0.1) is 11.4 Å². The average Bonchev–Trinajstić information content (AvgIpc) is 2.61. The summed E-state index contributed by atoms with van der Waals surface area (Å²) in [7, 11) is 0. The molecular formula is C19H21Cl2N3O. The van der Waals surface area contributed by atoms with Gasteiger partial charge < -0.3 is 15.1 Å². The summed E-state index contributed by atoms with van der Waals surface area (Å²) in [6.07, 6.45) is 0. The highest BCUT2D eigenvalue weighted by Crippen LogP contribution is 2.28. The van der Waals surface area contributed by atoms with Crippen molar-refractivity contribution in [2.75, 3.05) is 42.9 Å². The van der Waals surface area contributed by atoms with E-state index in [0.29, 0.717) is 15.6 Å². The molecule has 0 unspecified atom stereocenters. The van der Waals surface area contributed by atoms with Crippen LogP contribution in [0.15, 0.2) is 42.5 Å². The molecule has 2 aromatic carbocycles. The Bertz CT molecular complexity index is 738. The van der Waals surface area contributed by atoms with E-state index < -0.39 is 0 Å². The molecule has 1 N–H and O–H groups in total. The van der Waals surface area contributed by atoms with Crippen LogP contribution in [0.25, 0.3) is 0 Å². The van der Waals surface area contributed by atoms with Gasteiger partial charge >= 0.3 is 0 Å². The van der Waals surface area contributed by atoms with E-state index in [1.807, 2.05) is 24.3 Å². The van der Waals surface area contributed by atoms with Crippen molar-refractivity contribution < 1.29 is 4.79 Å². The van der Waals surface area contributed by atoms with Crippen LogP contribution >= 0.6 is 23.2 Å². The molecule has 2 aromatic rings. The van der Waals surface area contributed by atoms with Gasteiger partial charge in [0.15, 0.2) is 0 Å². The Labute approximate surface area is 158 Å². The highest BCUT2D eigenvalue weighted by atomic mass is 35.5. The summed E-state index contributed by atoms with van der Waals surface area (Å²) in [6.45, 7) is 7.21. The normalized spacial score (nSPS) is 15.2. The Hall–Kier alpha value is -1.75.